The lowest BCUT2D eigenvalue weighted by molar-refractivity contribution is -0.131. The summed E-state index contributed by atoms with van der Waals surface area (Å²) in [5, 5.41) is 2.86. The van der Waals surface area contributed by atoms with Crippen LogP contribution in [0.25, 0.3) is 0 Å². The zero-order chi connectivity index (χ0) is 16.7. The highest BCUT2D eigenvalue weighted by Gasteiger charge is 2.15. The number of carbonyl (C=O) groups excluding carboxylic acids is 2. The zero-order valence-corrected chi connectivity index (χ0v) is 13.5. The molecule has 6 nitrogen and oxygen atoms in total. The number of ether oxygens (including phenoxy) is 1. The van der Waals surface area contributed by atoms with Crippen molar-refractivity contribution in [3.05, 3.63) is 42.5 Å². The first-order valence-corrected chi connectivity index (χ1v) is 7.66. The summed E-state index contributed by atoms with van der Waals surface area (Å²) in [7, 11) is 1.57. The lowest BCUT2D eigenvalue weighted by Crippen LogP contribution is -2.39. The predicted molar refractivity (Wildman–Crippen MR) is 89.2 cm³/mol. The lowest BCUT2D eigenvalue weighted by atomic mass is 10.1. The van der Waals surface area contributed by atoms with Gasteiger partial charge in [0.15, 0.2) is 0 Å². The Morgan fingerprint density at radius 3 is 2.74 bits per heavy atom. The van der Waals surface area contributed by atoms with Gasteiger partial charge in [-0.3, -0.25) is 9.59 Å². The predicted octanol–water partition coefficient (Wildman–Crippen LogP) is 0.784. The minimum Gasteiger partial charge on any atom is -0.378 e. The standard InChI is InChI=1S/C17H23N3O3/c1-3-17(22)19(2)13-16(21)18-12-14-6-4-5-7-15(14)20-8-10-23-11-9-20/h3-7H,1,8-13H2,2H3,(H,18,21). The monoisotopic (exact) mass is 317 g/mol. The van der Waals surface area contributed by atoms with E-state index in [4.69, 9.17) is 4.74 Å². The summed E-state index contributed by atoms with van der Waals surface area (Å²) in [6.07, 6.45) is 1.20. The highest BCUT2D eigenvalue weighted by Crippen LogP contribution is 2.21. The van der Waals surface area contributed by atoms with Crippen molar-refractivity contribution < 1.29 is 14.3 Å². The van der Waals surface area contributed by atoms with Crippen LogP contribution in [0.2, 0.25) is 0 Å². The topological polar surface area (TPSA) is 61.9 Å². The van der Waals surface area contributed by atoms with E-state index in [1.54, 1.807) is 7.05 Å². The second kappa shape index (κ2) is 8.33. The molecule has 1 N–H and O–H groups in total. The number of benzene rings is 1. The van der Waals surface area contributed by atoms with Crippen molar-refractivity contribution in [3.63, 3.8) is 0 Å². The molecule has 1 aliphatic rings. The van der Waals surface area contributed by atoms with E-state index in [9.17, 15) is 9.59 Å². The Labute approximate surface area is 136 Å². The van der Waals surface area contributed by atoms with Crippen molar-refractivity contribution in [2.75, 3.05) is 44.8 Å². The molecule has 0 aromatic heterocycles. The molecule has 1 aromatic carbocycles. The Hall–Kier alpha value is -2.34. The van der Waals surface area contributed by atoms with Gasteiger partial charge in [-0.15, -0.1) is 0 Å². The number of amides is 2. The van der Waals surface area contributed by atoms with E-state index in [0.717, 1.165) is 37.6 Å². The van der Waals surface area contributed by atoms with Crippen molar-refractivity contribution in [1.82, 2.24) is 10.2 Å². The van der Waals surface area contributed by atoms with Gasteiger partial charge in [-0.1, -0.05) is 24.8 Å². The van der Waals surface area contributed by atoms with Crippen LogP contribution in [0.15, 0.2) is 36.9 Å². The van der Waals surface area contributed by atoms with Gasteiger partial charge >= 0.3 is 0 Å². The smallest absolute Gasteiger partial charge is 0.246 e. The van der Waals surface area contributed by atoms with E-state index in [1.807, 2.05) is 18.2 Å². The molecule has 0 bridgehead atoms. The Balaban J connectivity index is 1.94. The molecule has 0 unspecified atom stereocenters. The molecular formula is C17H23N3O3. The number of anilines is 1. The van der Waals surface area contributed by atoms with Gasteiger partial charge in [0.1, 0.15) is 0 Å². The lowest BCUT2D eigenvalue weighted by Gasteiger charge is -2.30. The van der Waals surface area contributed by atoms with Crippen LogP contribution in [0.4, 0.5) is 5.69 Å². The van der Waals surface area contributed by atoms with Crippen molar-refractivity contribution in [2.45, 2.75) is 6.54 Å². The van der Waals surface area contributed by atoms with E-state index in [0.29, 0.717) is 6.54 Å². The fraction of sp³-hybridized carbons (Fsp3) is 0.412. The van der Waals surface area contributed by atoms with Crippen LogP contribution in [0.5, 0.6) is 0 Å². The van der Waals surface area contributed by atoms with E-state index in [1.165, 1.54) is 11.0 Å². The van der Waals surface area contributed by atoms with Gasteiger partial charge in [0, 0.05) is 32.4 Å². The second-order valence-electron chi connectivity index (χ2n) is 5.40. The number of hydrogen-bond donors (Lipinski definition) is 1. The van der Waals surface area contributed by atoms with Gasteiger partial charge in [0.05, 0.1) is 19.8 Å². The van der Waals surface area contributed by atoms with Crippen LogP contribution >= 0.6 is 0 Å². The van der Waals surface area contributed by atoms with Gasteiger partial charge < -0.3 is 19.9 Å². The minimum absolute atomic E-state index is 0.0184. The maximum atomic E-state index is 12.0. The van der Waals surface area contributed by atoms with E-state index in [2.05, 4.69) is 22.9 Å². The molecule has 0 spiro atoms. The fourth-order valence-corrected chi connectivity index (χ4v) is 2.47. The van der Waals surface area contributed by atoms with Gasteiger partial charge in [-0.05, 0) is 17.7 Å². The molecule has 2 rings (SSSR count). The Kier molecular flexibility index (Phi) is 6.17. The van der Waals surface area contributed by atoms with E-state index in [-0.39, 0.29) is 18.4 Å². The molecular weight excluding hydrogens is 294 g/mol. The molecule has 23 heavy (non-hydrogen) atoms. The number of para-hydroxylation sites is 1. The van der Waals surface area contributed by atoms with Crippen molar-refractivity contribution in [1.29, 1.82) is 0 Å². The number of nitrogens with one attached hydrogen (secondary N) is 1. The minimum atomic E-state index is -0.270. The first kappa shape index (κ1) is 17.0. The second-order valence-corrected chi connectivity index (χ2v) is 5.40. The van der Waals surface area contributed by atoms with Crippen LogP contribution in [-0.4, -0.2) is 56.6 Å². The molecule has 1 aromatic rings. The van der Waals surface area contributed by atoms with E-state index < -0.39 is 0 Å². The van der Waals surface area contributed by atoms with Crippen LogP contribution < -0.4 is 10.2 Å². The molecule has 1 heterocycles. The molecule has 1 saturated heterocycles. The van der Waals surface area contributed by atoms with Crippen molar-refractivity contribution in [3.8, 4) is 0 Å². The normalized spacial score (nSPS) is 14.2. The molecule has 0 saturated carbocycles. The number of rotatable bonds is 6. The third kappa shape index (κ3) is 4.82. The van der Waals surface area contributed by atoms with Crippen molar-refractivity contribution in [2.24, 2.45) is 0 Å². The molecule has 124 valence electrons. The van der Waals surface area contributed by atoms with Crippen LogP contribution in [0.1, 0.15) is 5.56 Å². The number of likely N-dealkylation sites (N-methyl/N-ethyl adjacent to an activating group) is 1. The summed E-state index contributed by atoms with van der Waals surface area (Å²) in [5.41, 5.74) is 2.17. The van der Waals surface area contributed by atoms with Crippen LogP contribution in [-0.2, 0) is 20.9 Å². The summed E-state index contributed by atoms with van der Waals surface area (Å²) >= 11 is 0. The third-order valence-electron chi connectivity index (χ3n) is 3.75. The number of carbonyl (C=O) groups is 2. The summed E-state index contributed by atoms with van der Waals surface area (Å²) in [5.74, 6) is -0.464. The molecule has 6 heteroatoms. The summed E-state index contributed by atoms with van der Waals surface area (Å²) in [6.45, 7) is 6.99. The fourth-order valence-electron chi connectivity index (χ4n) is 2.47. The van der Waals surface area contributed by atoms with Gasteiger partial charge in [0.25, 0.3) is 0 Å². The number of hydrogen-bond acceptors (Lipinski definition) is 4. The average molecular weight is 317 g/mol. The Morgan fingerprint density at radius 2 is 2.04 bits per heavy atom. The molecule has 1 fully saturated rings. The highest BCUT2D eigenvalue weighted by atomic mass is 16.5. The molecule has 0 aliphatic carbocycles. The number of morpholine rings is 1. The molecule has 0 radical (unpaired) electrons. The van der Waals surface area contributed by atoms with Crippen molar-refractivity contribution >= 4 is 17.5 Å². The van der Waals surface area contributed by atoms with Gasteiger partial charge in [-0.2, -0.15) is 0 Å². The largest absolute Gasteiger partial charge is 0.378 e. The molecule has 2 amide bonds. The maximum absolute atomic E-state index is 12.0. The van der Waals surface area contributed by atoms with Crippen LogP contribution in [0.3, 0.4) is 0 Å². The highest BCUT2D eigenvalue weighted by molar-refractivity contribution is 5.90. The first-order valence-electron chi connectivity index (χ1n) is 7.66. The average Bonchev–Trinajstić information content (AvgIpc) is 2.60. The summed E-state index contributed by atoms with van der Waals surface area (Å²) in [6, 6.07) is 8.01. The quantitative estimate of drug-likeness (QED) is 0.788. The summed E-state index contributed by atoms with van der Waals surface area (Å²) in [4.78, 5) is 26.9. The zero-order valence-electron chi connectivity index (χ0n) is 13.5. The van der Waals surface area contributed by atoms with Gasteiger partial charge in [0.2, 0.25) is 11.8 Å². The van der Waals surface area contributed by atoms with E-state index >= 15 is 0 Å². The Bertz CT molecular complexity index is 568. The first-order chi connectivity index (χ1) is 11.1. The SMILES string of the molecule is C=CC(=O)N(C)CC(=O)NCc1ccccc1N1CCOCC1. The Morgan fingerprint density at radius 1 is 1.35 bits per heavy atom. The number of nitrogens with zero attached hydrogens (tertiary/aromatic N) is 2. The third-order valence-corrected chi connectivity index (χ3v) is 3.75. The summed E-state index contributed by atoms with van der Waals surface area (Å²) < 4.78 is 5.38. The maximum Gasteiger partial charge on any atom is 0.246 e. The molecule has 1 aliphatic heterocycles. The molecule has 0 atom stereocenters. The van der Waals surface area contributed by atoms with Crippen LogP contribution in [0, 0.1) is 0 Å². The van der Waals surface area contributed by atoms with Gasteiger partial charge in [-0.25, -0.2) is 0 Å².